The maximum atomic E-state index is 14.5. The summed E-state index contributed by atoms with van der Waals surface area (Å²) in [7, 11) is 0. The Kier molecular flexibility index (Phi) is 3.16. The van der Waals surface area contributed by atoms with Crippen LogP contribution in [0.15, 0.2) is 42.5 Å². The number of aromatic amines is 1. The van der Waals surface area contributed by atoms with Gasteiger partial charge < -0.3 is 14.8 Å². The zero-order valence-corrected chi connectivity index (χ0v) is 12.9. The van der Waals surface area contributed by atoms with Crippen molar-refractivity contribution in [2.24, 2.45) is 0 Å². The van der Waals surface area contributed by atoms with Crippen LogP contribution in [0.4, 0.5) is 4.39 Å². The van der Waals surface area contributed by atoms with E-state index >= 15 is 0 Å². The van der Waals surface area contributed by atoms with Crippen molar-refractivity contribution in [3.8, 4) is 28.1 Å². The summed E-state index contributed by atoms with van der Waals surface area (Å²) < 4.78 is 20.2. The molecule has 0 amide bonds. The van der Waals surface area contributed by atoms with Crippen LogP contribution in [-0.2, 0) is 6.61 Å². The summed E-state index contributed by atoms with van der Waals surface area (Å²) in [6.07, 6.45) is 0. The maximum absolute atomic E-state index is 14.5. The monoisotopic (exact) mass is 323 g/mol. The highest BCUT2D eigenvalue weighted by Crippen LogP contribution is 2.43. The lowest BCUT2D eigenvalue weighted by Gasteiger charge is -2.18. The number of nitrogens with one attached hydrogen (secondary N) is 1. The Morgan fingerprint density at radius 1 is 1.21 bits per heavy atom. The van der Waals surface area contributed by atoms with Crippen LogP contribution in [0.25, 0.3) is 22.4 Å². The molecule has 1 aliphatic heterocycles. The zero-order chi connectivity index (χ0) is 16.8. The van der Waals surface area contributed by atoms with Gasteiger partial charge in [-0.25, -0.2) is 9.18 Å². The molecule has 2 N–H and O–H groups in total. The second-order valence-electron chi connectivity index (χ2n) is 5.80. The summed E-state index contributed by atoms with van der Waals surface area (Å²) in [6.45, 7) is 1.98. The van der Waals surface area contributed by atoms with Gasteiger partial charge in [0, 0.05) is 22.3 Å². The molecule has 24 heavy (non-hydrogen) atoms. The van der Waals surface area contributed by atoms with E-state index in [9.17, 15) is 14.3 Å². The quantitative estimate of drug-likeness (QED) is 0.735. The Hall–Kier alpha value is -3.08. The molecule has 2 aromatic carbocycles. The van der Waals surface area contributed by atoms with Gasteiger partial charge in [-0.1, -0.05) is 24.3 Å². The normalized spacial score (nSPS) is 12.2. The first-order valence-corrected chi connectivity index (χ1v) is 7.53. The average Bonchev–Trinajstić information content (AvgIpc) is 2.95. The molecule has 0 bridgehead atoms. The van der Waals surface area contributed by atoms with Crippen LogP contribution in [0, 0.1) is 12.7 Å². The number of carboxylic acids is 1. The smallest absolute Gasteiger partial charge is 0.352 e. The van der Waals surface area contributed by atoms with E-state index in [4.69, 9.17) is 4.74 Å². The summed E-state index contributed by atoms with van der Waals surface area (Å²) >= 11 is 0. The standard InChI is InChI=1S/C19H14FNO3/c1-10-6-7-11(14(20)8-10)16-13-9-24-15-5-3-2-4-12(15)17(13)21-18(16)19(22)23/h2-8,21H,9H2,1H3,(H,22,23). The molecule has 120 valence electrons. The van der Waals surface area contributed by atoms with Gasteiger partial charge >= 0.3 is 5.97 Å². The Morgan fingerprint density at radius 2 is 2.00 bits per heavy atom. The zero-order valence-electron chi connectivity index (χ0n) is 12.9. The van der Waals surface area contributed by atoms with Crippen molar-refractivity contribution in [3.05, 3.63) is 65.1 Å². The number of para-hydroxylation sites is 1. The van der Waals surface area contributed by atoms with Gasteiger partial charge in [0.1, 0.15) is 23.9 Å². The van der Waals surface area contributed by atoms with Gasteiger partial charge in [0.05, 0.1) is 5.69 Å². The minimum Gasteiger partial charge on any atom is -0.488 e. The predicted octanol–water partition coefficient (Wildman–Crippen LogP) is 4.39. The number of hydrogen-bond donors (Lipinski definition) is 2. The lowest BCUT2D eigenvalue weighted by atomic mass is 9.95. The van der Waals surface area contributed by atoms with Crippen molar-refractivity contribution in [1.82, 2.24) is 4.98 Å². The van der Waals surface area contributed by atoms with Crippen molar-refractivity contribution in [1.29, 1.82) is 0 Å². The highest BCUT2D eigenvalue weighted by Gasteiger charge is 2.29. The molecule has 1 aromatic heterocycles. The molecule has 0 saturated heterocycles. The molecule has 4 rings (SSSR count). The van der Waals surface area contributed by atoms with Crippen molar-refractivity contribution < 1.29 is 19.0 Å². The molecule has 2 heterocycles. The number of fused-ring (bicyclic) bond motifs is 3. The first-order valence-electron chi connectivity index (χ1n) is 7.53. The number of aryl methyl sites for hydroxylation is 1. The van der Waals surface area contributed by atoms with Crippen molar-refractivity contribution >= 4 is 5.97 Å². The molecule has 0 saturated carbocycles. The third kappa shape index (κ3) is 2.09. The topological polar surface area (TPSA) is 62.3 Å². The summed E-state index contributed by atoms with van der Waals surface area (Å²) in [5, 5.41) is 9.58. The number of carbonyl (C=O) groups is 1. The molecule has 0 spiro atoms. The van der Waals surface area contributed by atoms with Gasteiger partial charge in [0.15, 0.2) is 0 Å². The molecule has 3 aromatic rings. The van der Waals surface area contributed by atoms with E-state index < -0.39 is 11.8 Å². The van der Waals surface area contributed by atoms with E-state index in [1.165, 1.54) is 6.07 Å². The van der Waals surface area contributed by atoms with E-state index in [0.29, 0.717) is 22.6 Å². The molecular weight excluding hydrogens is 309 g/mol. The van der Waals surface area contributed by atoms with Crippen LogP contribution in [0.5, 0.6) is 5.75 Å². The Morgan fingerprint density at radius 3 is 2.75 bits per heavy atom. The number of rotatable bonds is 2. The van der Waals surface area contributed by atoms with Gasteiger partial charge in [0.25, 0.3) is 0 Å². The number of hydrogen-bond acceptors (Lipinski definition) is 2. The number of aromatic nitrogens is 1. The number of halogens is 1. The van der Waals surface area contributed by atoms with Crippen LogP contribution in [0.3, 0.4) is 0 Å². The van der Waals surface area contributed by atoms with Gasteiger partial charge in [0.2, 0.25) is 0 Å². The third-order valence-corrected chi connectivity index (χ3v) is 4.24. The number of H-pyrrole nitrogens is 1. The van der Waals surface area contributed by atoms with Crippen molar-refractivity contribution in [2.45, 2.75) is 13.5 Å². The minimum atomic E-state index is -1.13. The second-order valence-corrected chi connectivity index (χ2v) is 5.80. The highest BCUT2D eigenvalue weighted by atomic mass is 19.1. The van der Waals surface area contributed by atoms with E-state index in [1.54, 1.807) is 19.1 Å². The summed E-state index contributed by atoms with van der Waals surface area (Å²) in [5.41, 5.74) is 3.48. The molecule has 1 aliphatic rings. The molecule has 0 aliphatic carbocycles. The average molecular weight is 323 g/mol. The van der Waals surface area contributed by atoms with Gasteiger partial charge in [-0.3, -0.25) is 0 Å². The van der Waals surface area contributed by atoms with Crippen LogP contribution >= 0.6 is 0 Å². The molecule has 0 radical (unpaired) electrons. The third-order valence-electron chi connectivity index (χ3n) is 4.24. The van der Waals surface area contributed by atoms with E-state index in [2.05, 4.69) is 4.98 Å². The molecular formula is C19H14FNO3. The lowest BCUT2D eigenvalue weighted by molar-refractivity contribution is 0.0692. The first-order chi connectivity index (χ1) is 11.6. The first kappa shape index (κ1) is 14.5. The Labute approximate surface area is 137 Å². The molecule has 5 heteroatoms. The fraction of sp³-hybridized carbons (Fsp3) is 0.105. The summed E-state index contributed by atoms with van der Waals surface area (Å²) in [6, 6.07) is 12.2. The van der Waals surface area contributed by atoms with Gasteiger partial charge in [-0.15, -0.1) is 0 Å². The van der Waals surface area contributed by atoms with Crippen molar-refractivity contribution in [2.75, 3.05) is 0 Å². The number of aromatic carboxylic acids is 1. The van der Waals surface area contributed by atoms with Crippen molar-refractivity contribution in [3.63, 3.8) is 0 Å². The van der Waals surface area contributed by atoms with Crippen LogP contribution in [-0.4, -0.2) is 16.1 Å². The molecule has 0 fully saturated rings. The Balaban J connectivity index is 2.02. The van der Waals surface area contributed by atoms with E-state index in [-0.39, 0.29) is 17.9 Å². The second kappa shape index (κ2) is 5.23. The molecule has 0 atom stereocenters. The van der Waals surface area contributed by atoms with Crippen LogP contribution in [0.1, 0.15) is 21.6 Å². The number of carboxylic acid groups (broad SMARTS) is 1. The van der Waals surface area contributed by atoms with E-state index in [0.717, 1.165) is 11.1 Å². The SMILES string of the molecule is Cc1ccc(-c2c(C(=O)O)[nH]c3c2COc2ccccc2-3)c(F)c1. The lowest BCUT2D eigenvalue weighted by Crippen LogP contribution is -2.05. The fourth-order valence-electron chi connectivity index (χ4n) is 3.14. The summed E-state index contributed by atoms with van der Waals surface area (Å²) in [5.74, 6) is -0.894. The molecule has 0 unspecified atom stereocenters. The highest BCUT2D eigenvalue weighted by molar-refractivity contribution is 5.99. The number of benzene rings is 2. The van der Waals surface area contributed by atoms with Crippen LogP contribution in [0.2, 0.25) is 0 Å². The van der Waals surface area contributed by atoms with E-state index in [1.807, 2.05) is 24.3 Å². The predicted molar refractivity (Wildman–Crippen MR) is 87.7 cm³/mol. The van der Waals surface area contributed by atoms with Gasteiger partial charge in [-0.2, -0.15) is 0 Å². The summed E-state index contributed by atoms with van der Waals surface area (Å²) in [4.78, 5) is 14.7. The van der Waals surface area contributed by atoms with Crippen LogP contribution < -0.4 is 4.74 Å². The largest absolute Gasteiger partial charge is 0.488 e. The minimum absolute atomic E-state index is 0.0249. The fourth-order valence-corrected chi connectivity index (χ4v) is 3.14. The van der Waals surface area contributed by atoms with Gasteiger partial charge in [-0.05, 0) is 30.7 Å². The number of ether oxygens (including phenoxy) is 1. The Bertz CT molecular complexity index is 975. The molecule has 4 nitrogen and oxygen atoms in total. The maximum Gasteiger partial charge on any atom is 0.352 e.